The zero-order valence-corrected chi connectivity index (χ0v) is 15.3. The van der Waals surface area contributed by atoms with Crippen molar-refractivity contribution >= 4 is 17.4 Å². The molecule has 25 heavy (non-hydrogen) atoms. The first kappa shape index (κ1) is 19.0. The van der Waals surface area contributed by atoms with E-state index in [0.29, 0.717) is 18.7 Å². The molecule has 1 fully saturated rings. The van der Waals surface area contributed by atoms with Gasteiger partial charge < -0.3 is 19.7 Å². The fourth-order valence-electron chi connectivity index (χ4n) is 3.43. The quantitative estimate of drug-likeness (QED) is 0.798. The van der Waals surface area contributed by atoms with Crippen molar-refractivity contribution < 1.29 is 19.1 Å². The second-order valence-electron chi connectivity index (χ2n) is 6.16. The molecule has 0 saturated carbocycles. The Hall–Kier alpha value is -2.34. The lowest BCUT2D eigenvalue weighted by Crippen LogP contribution is -2.59. The van der Waals surface area contributed by atoms with Crippen molar-refractivity contribution in [2.75, 3.05) is 34.4 Å². The Labute approximate surface area is 148 Å². The summed E-state index contributed by atoms with van der Waals surface area (Å²) in [5, 5.41) is 2.67. The number of benzene rings is 1. The lowest BCUT2D eigenvalue weighted by Gasteiger charge is -2.35. The molecule has 2 rings (SSSR count). The SMILES string of the molecule is CNC(=O)C1(COC)CCCN1C(=O)/C=C(\C)c1ccccc1OC. The molecule has 0 aliphatic carbocycles. The van der Waals surface area contributed by atoms with E-state index in [1.807, 2.05) is 31.2 Å². The number of nitrogens with one attached hydrogen (secondary N) is 1. The number of ether oxygens (including phenoxy) is 2. The standard InChI is InChI=1S/C19H26N2O4/c1-14(15-8-5-6-9-16(15)25-4)12-17(22)21-11-7-10-19(21,13-24-3)18(23)20-2/h5-6,8-9,12H,7,10-11,13H2,1-4H3,(H,20,23)/b14-12+. The lowest BCUT2D eigenvalue weighted by atomic mass is 9.95. The van der Waals surface area contributed by atoms with Gasteiger partial charge in [0.15, 0.2) is 0 Å². The number of allylic oxidation sites excluding steroid dienone is 1. The summed E-state index contributed by atoms with van der Waals surface area (Å²) >= 11 is 0. The Bertz CT molecular complexity index is 671. The third-order valence-corrected chi connectivity index (χ3v) is 4.66. The Morgan fingerprint density at radius 2 is 2.04 bits per heavy atom. The maximum absolute atomic E-state index is 12.9. The molecule has 0 aromatic heterocycles. The van der Waals surface area contributed by atoms with Gasteiger partial charge in [-0.2, -0.15) is 0 Å². The number of amides is 2. The Morgan fingerprint density at radius 1 is 1.32 bits per heavy atom. The number of hydrogen-bond acceptors (Lipinski definition) is 4. The van der Waals surface area contributed by atoms with Crippen LogP contribution in [0.25, 0.3) is 5.57 Å². The smallest absolute Gasteiger partial charge is 0.248 e. The molecule has 6 nitrogen and oxygen atoms in total. The maximum Gasteiger partial charge on any atom is 0.248 e. The molecule has 1 unspecified atom stereocenters. The zero-order valence-electron chi connectivity index (χ0n) is 15.3. The largest absolute Gasteiger partial charge is 0.496 e. The van der Waals surface area contributed by atoms with Crippen molar-refractivity contribution in [2.24, 2.45) is 0 Å². The van der Waals surface area contributed by atoms with E-state index in [1.54, 1.807) is 32.2 Å². The summed E-state index contributed by atoms with van der Waals surface area (Å²) < 4.78 is 10.6. The van der Waals surface area contributed by atoms with E-state index in [2.05, 4.69) is 5.32 Å². The molecule has 1 saturated heterocycles. The highest BCUT2D eigenvalue weighted by Crippen LogP contribution is 2.32. The summed E-state index contributed by atoms with van der Waals surface area (Å²) in [5.74, 6) is 0.324. The van der Waals surface area contributed by atoms with E-state index in [9.17, 15) is 9.59 Å². The molecule has 1 aliphatic heterocycles. The number of methoxy groups -OCH3 is 2. The van der Waals surface area contributed by atoms with Crippen LogP contribution >= 0.6 is 0 Å². The van der Waals surface area contributed by atoms with Crippen LogP contribution in [0.5, 0.6) is 5.75 Å². The molecule has 1 atom stereocenters. The predicted octanol–water partition coefficient (Wildman–Crippen LogP) is 1.85. The normalized spacial score (nSPS) is 20.5. The van der Waals surface area contributed by atoms with Gasteiger partial charge in [-0.05, 0) is 31.4 Å². The van der Waals surface area contributed by atoms with Crippen LogP contribution in [0.3, 0.4) is 0 Å². The van der Waals surface area contributed by atoms with E-state index in [-0.39, 0.29) is 18.4 Å². The highest BCUT2D eigenvalue weighted by atomic mass is 16.5. The fourth-order valence-corrected chi connectivity index (χ4v) is 3.43. The van der Waals surface area contributed by atoms with Crippen LogP contribution in [-0.2, 0) is 14.3 Å². The summed E-state index contributed by atoms with van der Waals surface area (Å²) in [5.41, 5.74) is 0.699. The molecule has 1 heterocycles. The molecular formula is C19H26N2O4. The van der Waals surface area contributed by atoms with Gasteiger partial charge in [-0.25, -0.2) is 0 Å². The second kappa shape index (κ2) is 8.16. The van der Waals surface area contributed by atoms with Gasteiger partial charge in [0.2, 0.25) is 11.8 Å². The molecule has 6 heteroatoms. The van der Waals surface area contributed by atoms with Crippen LogP contribution < -0.4 is 10.1 Å². The van der Waals surface area contributed by atoms with Crippen LogP contribution in [0.15, 0.2) is 30.3 Å². The average molecular weight is 346 g/mol. The Morgan fingerprint density at radius 3 is 2.68 bits per heavy atom. The van der Waals surface area contributed by atoms with Crippen molar-refractivity contribution in [3.8, 4) is 5.75 Å². The highest BCUT2D eigenvalue weighted by Gasteiger charge is 2.49. The molecule has 0 bridgehead atoms. The number of hydrogen-bond donors (Lipinski definition) is 1. The molecule has 1 aromatic rings. The molecule has 1 aliphatic rings. The van der Waals surface area contributed by atoms with E-state index < -0.39 is 5.54 Å². The van der Waals surface area contributed by atoms with Crippen molar-refractivity contribution in [3.63, 3.8) is 0 Å². The van der Waals surface area contributed by atoms with E-state index in [1.165, 1.54) is 0 Å². The summed E-state index contributed by atoms with van der Waals surface area (Å²) in [4.78, 5) is 27.0. The topological polar surface area (TPSA) is 67.9 Å². The fraction of sp³-hybridized carbons (Fsp3) is 0.474. The number of rotatable bonds is 6. The van der Waals surface area contributed by atoms with Crippen LogP contribution in [0, 0.1) is 0 Å². The highest BCUT2D eigenvalue weighted by molar-refractivity contribution is 6.00. The summed E-state index contributed by atoms with van der Waals surface area (Å²) in [7, 11) is 4.72. The summed E-state index contributed by atoms with van der Waals surface area (Å²) in [6.07, 6.45) is 2.92. The number of likely N-dealkylation sites (N-methyl/N-ethyl adjacent to an activating group) is 1. The van der Waals surface area contributed by atoms with Crippen LogP contribution in [-0.4, -0.2) is 56.7 Å². The molecule has 2 amide bonds. The van der Waals surface area contributed by atoms with Crippen molar-refractivity contribution in [2.45, 2.75) is 25.3 Å². The van der Waals surface area contributed by atoms with Gasteiger partial charge in [-0.15, -0.1) is 0 Å². The second-order valence-corrected chi connectivity index (χ2v) is 6.16. The first-order valence-corrected chi connectivity index (χ1v) is 8.34. The first-order chi connectivity index (χ1) is 12.0. The van der Waals surface area contributed by atoms with Gasteiger partial charge in [0.05, 0.1) is 13.7 Å². The van der Waals surface area contributed by atoms with Crippen LogP contribution in [0.2, 0.25) is 0 Å². The van der Waals surface area contributed by atoms with Gasteiger partial charge in [0.1, 0.15) is 11.3 Å². The molecule has 1 aromatic carbocycles. The number of likely N-dealkylation sites (tertiary alicyclic amines) is 1. The minimum Gasteiger partial charge on any atom is -0.496 e. The molecule has 1 N–H and O–H groups in total. The third-order valence-electron chi connectivity index (χ3n) is 4.66. The van der Waals surface area contributed by atoms with E-state index in [0.717, 1.165) is 17.6 Å². The number of carbonyl (C=O) groups excluding carboxylic acids is 2. The number of nitrogens with zero attached hydrogens (tertiary/aromatic N) is 1. The monoisotopic (exact) mass is 346 g/mol. The van der Waals surface area contributed by atoms with Gasteiger partial charge in [-0.1, -0.05) is 18.2 Å². The van der Waals surface area contributed by atoms with Gasteiger partial charge in [-0.3, -0.25) is 9.59 Å². The van der Waals surface area contributed by atoms with Crippen molar-refractivity contribution in [3.05, 3.63) is 35.9 Å². The summed E-state index contributed by atoms with van der Waals surface area (Å²) in [6.45, 7) is 2.58. The Balaban J connectivity index is 2.33. The molecule has 0 spiro atoms. The molecule has 0 radical (unpaired) electrons. The maximum atomic E-state index is 12.9. The zero-order chi connectivity index (χ0) is 18.4. The lowest BCUT2D eigenvalue weighted by molar-refractivity contribution is -0.145. The average Bonchev–Trinajstić information content (AvgIpc) is 3.06. The van der Waals surface area contributed by atoms with Gasteiger partial charge in [0.25, 0.3) is 0 Å². The minimum atomic E-state index is -0.946. The first-order valence-electron chi connectivity index (χ1n) is 8.34. The number of carbonyl (C=O) groups is 2. The summed E-state index contributed by atoms with van der Waals surface area (Å²) in [6, 6.07) is 7.54. The molecular weight excluding hydrogens is 320 g/mol. The van der Waals surface area contributed by atoms with Crippen molar-refractivity contribution in [1.29, 1.82) is 0 Å². The van der Waals surface area contributed by atoms with Crippen LogP contribution in [0.4, 0.5) is 0 Å². The van der Waals surface area contributed by atoms with Crippen molar-refractivity contribution in [1.82, 2.24) is 10.2 Å². The van der Waals surface area contributed by atoms with E-state index in [4.69, 9.17) is 9.47 Å². The van der Waals surface area contributed by atoms with Crippen LogP contribution in [0.1, 0.15) is 25.3 Å². The molecule has 136 valence electrons. The minimum absolute atomic E-state index is 0.181. The predicted molar refractivity (Wildman–Crippen MR) is 96.3 cm³/mol. The van der Waals surface area contributed by atoms with Gasteiger partial charge in [0, 0.05) is 32.3 Å². The third kappa shape index (κ3) is 3.69. The van der Waals surface area contributed by atoms with Gasteiger partial charge >= 0.3 is 0 Å². The number of para-hydroxylation sites is 1. The Kier molecular flexibility index (Phi) is 6.20. The van der Waals surface area contributed by atoms with E-state index >= 15 is 0 Å².